The zero-order valence-electron chi connectivity index (χ0n) is 18.0. The summed E-state index contributed by atoms with van der Waals surface area (Å²) in [5.41, 5.74) is 1.56. The summed E-state index contributed by atoms with van der Waals surface area (Å²) in [4.78, 5) is 37.9. The zero-order chi connectivity index (χ0) is 22.6. The molecule has 2 N–H and O–H groups in total. The molecule has 6 heteroatoms. The van der Waals surface area contributed by atoms with Crippen molar-refractivity contribution in [2.45, 2.75) is 45.4 Å². The number of anilines is 1. The lowest BCUT2D eigenvalue weighted by Gasteiger charge is -2.56. The summed E-state index contributed by atoms with van der Waals surface area (Å²) in [6, 6.07) is 9.70. The number of aryl methyl sites for hydroxylation is 1. The van der Waals surface area contributed by atoms with E-state index in [1.165, 1.54) is 25.3 Å². The van der Waals surface area contributed by atoms with E-state index in [4.69, 9.17) is 11.6 Å². The first-order chi connectivity index (χ1) is 15.2. The molecule has 0 saturated heterocycles. The first-order valence-corrected chi connectivity index (χ1v) is 11.6. The Labute approximate surface area is 192 Å². The summed E-state index contributed by atoms with van der Waals surface area (Å²) in [6.45, 7) is 1.70. The third-order valence-corrected chi connectivity index (χ3v) is 7.92. The largest absolute Gasteiger partial charge is 0.478 e. The van der Waals surface area contributed by atoms with Gasteiger partial charge in [-0.1, -0.05) is 23.7 Å². The molecule has 32 heavy (non-hydrogen) atoms. The van der Waals surface area contributed by atoms with E-state index in [1.807, 2.05) is 0 Å². The number of nitrogens with one attached hydrogen (secondary N) is 1. The molecule has 1 amide bonds. The molecule has 4 saturated carbocycles. The minimum absolute atomic E-state index is 0.0584. The molecule has 6 rings (SSSR count). The molecular weight excluding hydrogens is 426 g/mol. The van der Waals surface area contributed by atoms with E-state index in [0.29, 0.717) is 39.5 Å². The van der Waals surface area contributed by atoms with Gasteiger partial charge in [-0.25, -0.2) is 4.79 Å². The van der Waals surface area contributed by atoms with Gasteiger partial charge < -0.3 is 10.4 Å². The Bertz CT molecular complexity index is 1090. The van der Waals surface area contributed by atoms with Crippen LogP contribution >= 0.6 is 11.6 Å². The highest BCUT2D eigenvalue weighted by Crippen LogP contribution is 2.60. The van der Waals surface area contributed by atoms with Crippen molar-refractivity contribution in [3.8, 4) is 0 Å². The van der Waals surface area contributed by atoms with E-state index >= 15 is 0 Å². The van der Waals surface area contributed by atoms with Crippen molar-refractivity contribution < 1.29 is 19.5 Å². The molecule has 2 aromatic carbocycles. The standard InChI is InChI=1S/C26H26ClNO4/c1-14-6-20(27)10-21(25(31)32)22(14)28-24(30)19-4-2-18(3-5-19)23(29)26-11-15-7-16(12-26)9-17(8-15)13-26/h2-6,10,15-17H,7-9,11-13H2,1H3,(H,28,30)(H,31,32). The first kappa shape index (κ1) is 21.2. The Morgan fingerprint density at radius 1 is 0.938 bits per heavy atom. The van der Waals surface area contributed by atoms with Crippen molar-refractivity contribution in [3.63, 3.8) is 0 Å². The van der Waals surface area contributed by atoms with Gasteiger partial charge in [0, 0.05) is 21.6 Å². The number of ketones is 1. The number of Topliss-reactive ketones (excluding diaryl/α,β-unsaturated/α-hetero) is 1. The van der Waals surface area contributed by atoms with E-state index in [0.717, 1.165) is 19.3 Å². The second kappa shape index (κ2) is 7.73. The number of carboxylic acids is 1. The highest BCUT2D eigenvalue weighted by molar-refractivity contribution is 6.31. The summed E-state index contributed by atoms with van der Waals surface area (Å²) >= 11 is 5.97. The number of aromatic carboxylic acids is 1. The van der Waals surface area contributed by atoms with Crippen LogP contribution < -0.4 is 5.32 Å². The highest BCUT2D eigenvalue weighted by Gasteiger charge is 2.54. The van der Waals surface area contributed by atoms with Gasteiger partial charge in [-0.3, -0.25) is 9.59 Å². The van der Waals surface area contributed by atoms with Crippen LogP contribution in [-0.4, -0.2) is 22.8 Å². The van der Waals surface area contributed by atoms with E-state index in [2.05, 4.69) is 5.32 Å². The van der Waals surface area contributed by atoms with E-state index in [9.17, 15) is 19.5 Å². The van der Waals surface area contributed by atoms with Crippen molar-refractivity contribution in [2.24, 2.45) is 23.2 Å². The average Bonchev–Trinajstić information content (AvgIpc) is 2.74. The number of carboxylic acid groups (broad SMARTS) is 1. The Morgan fingerprint density at radius 3 is 2.00 bits per heavy atom. The third-order valence-electron chi connectivity index (χ3n) is 7.70. The monoisotopic (exact) mass is 451 g/mol. The van der Waals surface area contributed by atoms with E-state index < -0.39 is 11.9 Å². The SMILES string of the molecule is Cc1cc(Cl)cc(C(=O)O)c1NC(=O)c1ccc(C(=O)C23CC4CC(CC(C4)C2)C3)cc1. The molecule has 0 aliphatic heterocycles. The average molecular weight is 452 g/mol. The van der Waals surface area contributed by atoms with Crippen LogP contribution in [0.15, 0.2) is 36.4 Å². The van der Waals surface area contributed by atoms with E-state index in [1.54, 1.807) is 37.3 Å². The maximum absolute atomic E-state index is 13.5. The molecule has 166 valence electrons. The zero-order valence-corrected chi connectivity index (χ0v) is 18.7. The lowest BCUT2D eigenvalue weighted by molar-refractivity contribution is -0.0353. The number of hydrogen-bond donors (Lipinski definition) is 2. The van der Waals surface area contributed by atoms with Crippen molar-refractivity contribution in [1.29, 1.82) is 0 Å². The van der Waals surface area contributed by atoms with E-state index in [-0.39, 0.29) is 22.4 Å². The number of amides is 1. The quantitative estimate of drug-likeness (QED) is 0.546. The fourth-order valence-corrected chi connectivity index (χ4v) is 7.00. The Balaban J connectivity index is 1.35. The Kier molecular flexibility index (Phi) is 5.12. The number of carbonyl (C=O) groups is 3. The van der Waals surface area contributed by atoms with Gasteiger partial charge in [-0.05, 0) is 93.0 Å². The van der Waals surface area contributed by atoms with Gasteiger partial charge in [-0.15, -0.1) is 0 Å². The molecule has 2 aromatic rings. The fourth-order valence-electron chi connectivity index (χ4n) is 6.73. The van der Waals surface area contributed by atoms with Crippen molar-refractivity contribution in [2.75, 3.05) is 5.32 Å². The molecule has 0 radical (unpaired) electrons. The lowest BCUT2D eigenvalue weighted by Crippen LogP contribution is -2.50. The van der Waals surface area contributed by atoms with Gasteiger partial charge in [-0.2, -0.15) is 0 Å². The molecular formula is C26H26ClNO4. The molecule has 0 atom stereocenters. The topological polar surface area (TPSA) is 83.5 Å². The maximum atomic E-state index is 13.5. The van der Waals surface area contributed by atoms with Crippen LogP contribution in [0.2, 0.25) is 5.02 Å². The van der Waals surface area contributed by atoms with Gasteiger partial charge >= 0.3 is 5.97 Å². The number of halogens is 1. The van der Waals surface area contributed by atoms with Gasteiger partial charge in [0.2, 0.25) is 0 Å². The number of carbonyl (C=O) groups excluding carboxylic acids is 2. The number of benzene rings is 2. The van der Waals surface area contributed by atoms with Crippen LogP contribution in [0.3, 0.4) is 0 Å². The van der Waals surface area contributed by atoms with Crippen molar-refractivity contribution in [1.82, 2.24) is 0 Å². The van der Waals surface area contributed by atoms with Crippen molar-refractivity contribution in [3.05, 3.63) is 63.7 Å². The van der Waals surface area contributed by atoms with Crippen LogP contribution in [0.25, 0.3) is 0 Å². The van der Waals surface area contributed by atoms with Crippen LogP contribution in [0.4, 0.5) is 5.69 Å². The molecule has 4 aliphatic rings. The maximum Gasteiger partial charge on any atom is 0.337 e. The second-order valence-corrected chi connectivity index (χ2v) is 10.4. The molecule has 0 spiro atoms. The summed E-state index contributed by atoms with van der Waals surface area (Å²) < 4.78 is 0. The predicted molar refractivity (Wildman–Crippen MR) is 122 cm³/mol. The summed E-state index contributed by atoms with van der Waals surface area (Å²) in [5, 5.41) is 12.5. The molecule has 4 fully saturated rings. The van der Waals surface area contributed by atoms with Crippen LogP contribution in [0, 0.1) is 30.1 Å². The van der Waals surface area contributed by atoms with Crippen molar-refractivity contribution >= 4 is 34.9 Å². The predicted octanol–water partition coefficient (Wildman–Crippen LogP) is 6.00. The van der Waals surface area contributed by atoms with Crippen LogP contribution in [-0.2, 0) is 0 Å². The normalized spacial score (nSPS) is 27.9. The molecule has 0 heterocycles. The number of hydrogen-bond acceptors (Lipinski definition) is 3. The summed E-state index contributed by atoms with van der Waals surface area (Å²) in [5.74, 6) is 0.725. The minimum Gasteiger partial charge on any atom is -0.478 e. The van der Waals surface area contributed by atoms with Crippen LogP contribution in [0.1, 0.15) is 75.2 Å². The molecule has 5 nitrogen and oxygen atoms in total. The summed E-state index contributed by atoms with van der Waals surface area (Å²) in [7, 11) is 0. The minimum atomic E-state index is -1.16. The highest BCUT2D eigenvalue weighted by atomic mass is 35.5. The third kappa shape index (κ3) is 3.62. The molecule has 0 unspecified atom stereocenters. The second-order valence-electron chi connectivity index (χ2n) is 10.0. The first-order valence-electron chi connectivity index (χ1n) is 11.2. The Morgan fingerprint density at radius 2 is 1.47 bits per heavy atom. The van der Waals surface area contributed by atoms with Crippen LogP contribution in [0.5, 0.6) is 0 Å². The van der Waals surface area contributed by atoms with Gasteiger partial charge in [0.25, 0.3) is 5.91 Å². The smallest absolute Gasteiger partial charge is 0.337 e. The lowest BCUT2D eigenvalue weighted by atomic mass is 9.48. The molecule has 0 aromatic heterocycles. The van der Waals surface area contributed by atoms with Gasteiger partial charge in [0.15, 0.2) is 5.78 Å². The van der Waals surface area contributed by atoms with Gasteiger partial charge in [0.1, 0.15) is 0 Å². The number of rotatable bonds is 5. The molecule has 4 aliphatic carbocycles. The van der Waals surface area contributed by atoms with Gasteiger partial charge in [0.05, 0.1) is 11.3 Å². The fraction of sp³-hybridized carbons (Fsp3) is 0.423. The Hall–Kier alpha value is -2.66. The summed E-state index contributed by atoms with van der Waals surface area (Å²) in [6.07, 6.45) is 6.88. The molecule has 4 bridgehead atoms.